The summed E-state index contributed by atoms with van der Waals surface area (Å²) in [6.45, 7) is 4.03. The first-order valence-electron chi connectivity index (χ1n) is 6.24. The predicted octanol–water partition coefficient (Wildman–Crippen LogP) is 1.20. The van der Waals surface area contributed by atoms with Gasteiger partial charge in [-0.2, -0.15) is 0 Å². The lowest BCUT2D eigenvalue weighted by Gasteiger charge is -2.37. The van der Waals surface area contributed by atoms with Gasteiger partial charge in [0.1, 0.15) is 17.2 Å². The average molecular weight is 254 g/mol. The van der Waals surface area contributed by atoms with Gasteiger partial charge in [-0.25, -0.2) is 0 Å². The summed E-state index contributed by atoms with van der Waals surface area (Å²) in [7, 11) is 0. The summed E-state index contributed by atoms with van der Waals surface area (Å²) in [4.78, 5) is 11.4. The van der Waals surface area contributed by atoms with Crippen LogP contribution in [0.3, 0.4) is 0 Å². The van der Waals surface area contributed by atoms with Gasteiger partial charge in [0.25, 0.3) is 0 Å². The average Bonchev–Trinajstić information content (AvgIpc) is 2.81. The third-order valence-corrected chi connectivity index (χ3v) is 6.83. The molecule has 5 heteroatoms. The Balaban J connectivity index is 1.78. The first kappa shape index (κ1) is 9.78. The summed E-state index contributed by atoms with van der Waals surface area (Å²) in [6, 6.07) is 0. The lowest BCUT2D eigenvalue weighted by molar-refractivity contribution is -0.304. The molecule has 1 saturated carbocycles. The van der Waals surface area contributed by atoms with Gasteiger partial charge >= 0.3 is 0 Å². The van der Waals surface area contributed by atoms with Crippen LogP contribution in [0.1, 0.15) is 13.8 Å². The highest BCUT2D eigenvalue weighted by atomic mass is 32.2. The number of rotatable bonds is 1. The molecule has 0 aromatic rings. The van der Waals surface area contributed by atoms with Gasteiger partial charge in [0.2, 0.25) is 0 Å². The highest BCUT2D eigenvalue weighted by Gasteiger charge is 2.82. The first-order chi connectivity index (χ1) is 8.07. The summed E-state index contributed by atoms with van der Waals surface area (Å²) in [5, 5.41) is 0. The Hall–Kier alpha value is -0.100. The minimum atomic E-state index is -0.539. The van der Waals surface area contributed by atoms with E-state index in [1.807, 2.05) is 13.8 Å². The van der Waals surface area contributed by atoms with Crippen molar-refractivity contribution in [2.75, 3.05) is 0 Å². The Bertz CT molecular complexity index is 408. The number of carbonyl (C=O) groups is 1. The van der Waals surface area contributed by atoms with Crippen molar-refractivity contribution in [2.24, 2.45) is 29.6 Å². The van der Waals surface area contributed by atoms with Gasteiger partial charge < -0.3 is 19.0 Å². The fourth-order valence-electron chi connectivity index (χ4n) is 5.18. The van der Waals surface area contributed by atoms with Crippen LogP contribution in [-0.2, 0) is 19.0 Å². The van der Waals surface area contributed by atoms with Crippen molar-refractivity contribution in [1.82, 2.24) is 0 Å². The largest absolute Gasteiger partial charge is 0.335 e. The van der Waals surface area contributed by atoms with E-state index in [9.17, 15) is 4.79 Å². The molecule has 0 spiro atoms. The molecule has 92 valence electrons. The molecule has 5 fully saturated rings. The van der Waals surface area contributed by atoms with Crippen LogP contribution in [0.15, 0.2) is 0 Å². The van der Waals surface area contributed by atoms with Crippen molar-refractivity contribution in [1.29, 1.82) is 0 Å². The topological polar surface area (TPSA) is 44.8 Å². The van der Waals surface area contributed by atoms with Gasteiger partial charge in [-0.15, -0.1) is 0 Å². The first-order valence-corrected chi connectivity index (χ1v) is 7.18. The van der Waals surface area contributed by atoms with Crippen LogP contribution >= 0.6 is 11.8 Å². The maximum absolute atomic E-state index is 11.4. The molecule has 0 aromatic carbocycles. The van der Waals surface area contributed by atoms with Gasteiger partial charge in [0, 0.05) is 29.6 Å². The molecule has 0 N–H and O–H groups in total. The number of thioether (sulfide) groups is 1. The molecular formula is C12H14O4S. The van der Waals surface area contributed by atoms with Gasteiger partial charge in [-0.3, -0.25) is 0 Å². The normalized spacial score (nSPS) is 73.6. The van der Waals surface area contributed by atoms with E-state index in [1.165, 1.54) is 0 Å². The van der Waals surface area contributed by atoms with Gasteiger partial charge in [0.05, 0.1) is 0 Å². The Morgan fingerprint density at radius 1 is 1.06 bits per heavy atom. The van der Waals surface area contributed by atoms with E-state index >= 15 is 0 Å². The molecule has 0 amide bonds. The lowest BCUT2D eigenvalue weighted by atomic mass is 9.83. The van der Waals surface area contributed by atoms with E-state index in [2.05, 4.69) is 0 Å². The van der Waals surface area contributed by atoms with Crippen molar-refractivity contribution in [2.45, 2.75) is 36.3 Å². The zero-order valence-corrected chi connectivity index (χ0v) is 10.5. The number of carbonyl (C=O) groups excluding carboxylic acids is 1. The summed E-state index contributed by atoms with van der Waals surface area (Å²) in [5.74, 6) is 0.356. The van der Waals surface area contributed by atoms with Crippen molar-refractivity contribution in [3.8, 4) is 0 Å². The van der Waals surface area contributed by atoms with E-state index in [0.717, 1.165) is 6.29 Å². The zero-order valence-electron chi connectivity index (χ0n) is 9.66. The Morgan fingerprint density at radius 3 is 2.06 bits per heavy atom. The molecule has 2 bridgehead atoms. The van der Waals surface area contributed by atoms with Gasteiger partial charge in [0.15, 0.2) is 11.6 Å². The summed E-state index contributed by atoms with van der Waals surface area (Å²) < 4.78 is 18.3. The van der Waals surface area contributed by atoms with E-state index in [4.69, 9.17) is 14.2 Å². The van der Waals surface area contributed by atoms with E-state index in [-0.39, 0.29) is 16.8 Å². The molecule has 5 aliphatic rings. The molecule has 17 heavy (non-hydrogen) atoms. The van der Waals surface area contributed by atoms with Crippen LogP contribution < -0.4 is 0 Å². The second-order valence-electron chi connectivity index (χ2n) is 6.16. The van der Waals surface area contributed by atoms with Crippen LogP contribution in [0.2, 0.25) is 0 Å². The molecule has 4 aliphatic heterocycles. The number of hydrogen-bond donors (Lipinski definition) is 0. The van der Waals surface area contributed by atoms with Crippen LogP contribution in [-0.4, -0.2) is 28.7 Å². The highest BCUT2D eigenvalue weighted by Crippen LogP contribution is 2.76. The van der Waals surface area contributed by atoms with Crippen LogP contribution in [0.5, 0.6) is 0 Å². The van der Waals surface area contributed by atoms with Crippen LogP contribution in [0, 0.1) is 29.6 Å². The standard InChI is InChI=1S/C12H14O4S/c1-11-7-5-4(3-13)6-8(7)12(2,16-11)15-10(6)17-9(5)14-11/h3-10H,1-2H3/t4?,5-,6+,7-,8-,9-,10+,11+,12-/m1/s1. The quantitative estimate of drug-likeness (QED) is 0.658. The van der Waals surface area contributed by atoms with Crippen molar-refractivity contribution < 1.29 is 19.0 Å². The molecule has 5 rings (SSSR count). The molecule has 1 aliphatic carbocycles. The van der Waals surface area contributed by atoms with Gasteiger partial charge in [-0.05, 0) is 13.8 Å². The Morgan fingerprint density at radius 2 is 1.59 bits per heavy atom. The third kappa shape index (κ3) is 0.802. The fraction of sp³-hybridized carbons (Fsp3) is 0.917. The van der Waals surface area contributed by atoms with Crippen molar-refractivity contribution in [3.63, 3.8) is 0 Å². The summed E-state index contributed by atoms with van der Waals surface area (Å²) >= 11 is 1.76. The molecule has 4 heterocycles. The zero-order chi connectivity index (χ0) is 11.6. The highest BCUT2D eigenvalue weighted by molar-refractivity contribution is 8.00. The molecule has 0 aromatic heterocycles. The number of ether oxygens (including phenoxy) is 3. The van der Waals surface area contributed by atoms with Crippen molar-refractivity contribution >= 4 is 18.0 Å². The molecule has 0 radical (unpaired) electrons. The maximum Gasteiger partial charge on any atom is 0.174 e. The number of aldehydes is 1. The van der Waals surface area contributed by atoms with Crippen LogP contribution in [0.25, 0.3) is 0 Å². The van der Waals surface area contributed by atoms with E-state index in [0.29, 0.717) is 23.7 Å². The van der Waals surface area contributed by atoms with Gasteiger partial charge in [-0.1, -0.05) is 11.8 Å². The molecule has 9 atom stereocenters. The maximum atomic E-state index is 11.4. The van der Waals surface area contributed by atoms with E-state index < -0.39 is 11.6 Å². The lowest BCUT2D eigenvalue weighted by Crippen LogP contribution is -2.40. The second kappa shape index (κ2) is 2.46. The minimum absolute atomic E-state index is 0.0799. The van der Waals surface area contributed by atoms with Crippen molar-refractivity contribution in [3.05, 3.63) is 0 Å². The SMILES string of the molecule is C[C@]12O[C@@H]3S[C@@H]4O[C@](C)(O1)[C@@H]1[C@@H]4C(C=O)[C@@H]3[C@H]12. The number of hydrogen-bond acceptors (Lipinski definition) is 5. The molecule has 1 unspecified atom stereocenters. The minimum Gasteiger partial charge on any atom is -0.335 e. The smallest absolute Gasteiger partial charge is 0.174 e. The molecule has 4 saturated heterocycles. The fourth-order valence-corrected chi connectivity index (χ4v) is 7.00. The monoisotopic (exact) mass is 254 g/mol. The Labute approximate surface area is 103 Å². The van der Waals surface area contributed by atoms with Crippen LogP contribution in [0.4, 0.5) is 0 Å². The summed E-state index contributed by atoms with van der Waals surface area (Å²) in [5.41, 5.74) is 0.160. The molecular weight excluding hydrogens is 240 g/mol. The van der Waals surface area contributed by atoms with E-state index in [1.54, 1.807) is 11.8 Å². The molecule has 4 nitrogen and oxygen atoms in total. The predicted molar refractivity (Wildman–Crippen MR) is 58.7 cm³/mol. The third-order valence-electron chi connectivity index (χ3n) is 5.48. The second-order valence-corrected chi connectivity index (χ2v) is 7.36. The summed E-state index contributed by atoms with van der Waals surface area (Å²) in [6.07, 6.45) is 1.14. The Kier molecular flexibility index (Phi) is 1.41.